The molecule has 0 saturated carbocycles. The highest BCUT2D eigenvalue weighted by atomic mass is 16.6. The fraction of sp³-hybridized carbons (Fsp3) is 0.846. The van der Waals surface area contributed by atoms with Gasteiger partial charge < -0.3 is 19.1 Å². The van der Waals surface area contributed by atoms with Gasteiger partial charge in [0.05, 0.1) is 19.8 Å². The van der Waals surface area contributed by atoms with Gasteiger partial charge >= 0.3 is 12.1 Å². The van der Waals surface area contributed by atoms with Gasteiger partial charge in [0.25, 0.3) is 0 Å². The van der Waals surface area contributed by atoms with E-state index >= 15 is 0 Å². The Hall–Kier alpha value is -1.34. The highest BCUT2D eigenvalue weighted by Gasteiger charge is 2.21. The van der Waals surface area contributed by atoms with Gasteiger partial charge in [-0.15, -0.1) is 0 Å². The minimum Gasteiger partial charge on any atom is -0.464 e. The topological polar surface area (TPSA) is 68.3 Å². The number of esters is 1. The number of piperazine rings is 1. The molecule has 0 radical (unpaired) electrons. The number of ether oxygens (including phenoxy) is 3. The normalized spacial score (nSPS) is 16.0. The molecule has 1 fully saturated rings. The zero-order chi connectivity index (χ0) is 14.8. The average Bonchev–Trinajstić information content (AvgIpc) is 2.45. The van der Waals surface area contributed by atoms with Crippen LogP contribution < -0.4 is 0 Å². The van der Waals surface area contributed by atoms with Gasteiger partial charge in [-0.2, -0.15) is 0 Å². The van der Waals surface area contributed by atoms with Crippen LogP contribution in [0.2, 0.25) is 0 Å². The molecule has 0 atom stereocenters. The predicted molar refractivity (Wildman–Crippen MR) is 72.5 cm³/mol. The molecule has 1 saturated heterocycles. The highest BCUT2D eigenvalue weighted by molar-refractivity contribution is 5.70. The molecule has 0 N–H and O–H groups in total. The lowest BCUT2D eigenvalue weighted by Crippen LogP contribution is -2.49. The summed E-state index contributed by atoms with van der Waals surface area (Å²) >= 11 is 0. The van der Waals surface area contributed by atoms with Gasteiger partial charge in [-0.1, -0.05) is 0 Å². The molecule has 0 spiro atoms. The zero-order valence-electron chi connectivity index (χ0n) is 12.3. The Bertz CT molecular complexity index is 303. The summed E-state index contributed by atoms with van der Waals surface area (Å²) in [5.74, 6) is -0.334. The van der Waals surface area contributed by atoms with Crippen molar-refractivity contribution in [2.45, 2.75) is 13.8 Å². The van der Waals surface area contributed by atoms with Crippen LogP contribution in [0.5, 0.6) is 0 Å². The minimum atomic E-state index is -0.334. The van der Waals surface area contributed by atoms with Crippen LogP contribution in [0.15, 0.2) is 0 Å². The largest absolute Gasteiger partial charge is 0.464 e. The van der Waals surface area contributed by atoms with E-state index in [1.807, 2.05) is 0 Å². The van der Waals surface area contributed by atoms with Crippen molar-refractivity contribution in [3.63, 3.8) is 0 Å². The second-order valence-electron chi connectivity index (χ2n) is 4.39. The minimum absolute atomic E-state index is 0.00334. The molecular formula is C13H24N2O5. The molecule has 1 rings (SSSR count). The van der Waals surface area contributed by atoms with Gasteiger partial charge in [0, 0.05) is 32.7 Å². The maximum atomic E-state index is 11.5. The number of rotatable bonds is 7. The smallest absolute Gasteiger partial charge is 0.409 e. The van der Waals surface area contributed by atoms with Crippen molar-refractivity contribution in [3.8, 4) is 0 Å². The molecule has 0 aliphatic carbocycles. The number of hydrogen-bond acceptors (Lipinski definition) is 6. The van der Waals surface area contributed by atoms with E-state index < -0.39 is 0 Å². The van der Waals surface area contributed by atoms with Crippen molar-refractivity contribution in [1.29, 1.82) is 0 Å². The summed E-state index contributed by atoms with van der Waals surface area (Å²) in [6, 6.07) is 0. The molecule has 1 heterocycles. The third-order valence-electron chi connectivity index (χ3n) is 2.98. The number of carbonyl (C=O) groups excluding carboxylic acids is 2. The monoisotopic (exact) mass is 288 g/mol. The summed E-state index contributed by atoms with van der Waals surface area (Å²) in [5, 5.41) is 0. The first-order valence-corrected chi connectivity index (χ1v) is 7.04. The van der Waals surface area contributed by atoms with Crippen molar-refractivity contribution >= 4 is 12.1 Å². The Morgan fingerprint density at radius 1 is 1.00 bits per heavy atom. The Labute approximate surface area is 119 Å². The molecule has 20 heavy (non-hydrogen) atoms. The Kier molecular flexibility index (Phi) is 7.98. The van der Waals surface area contributed by atoms with Crippen molar-refractivity contribution in [2.75, 3.05) is 59.2 Å². The van der Waals surface area contributed by atoms with Crippen LogP contribution in [0.3, 0.4) is 0 Å². The van der Waals surface area contributed by atoms with Crippen molar-refractivity contribution in [1.82, 2.24) is 9.80 Å². The van der Waals surface area contributed by atoms with Gasteiger partial charge in [0.1, 0.15) is 6.61 Å². The molecule has 1 aliphatic rings. The van der Waals surface area contributed by atoms with E-state index in [1.165, 1.54) is 0 Å². The first-order valence-electron chi connectivity index (χ1n) is 7.04. The maximum Gasteiger partial charge on any atom is 0.409 e. The second kappa shape index (κ2) is 9.55. The summed E-state index contributed by atoms with van der Waals surface area (Å²) in [6.07, 6.45) is -0.245. The number of hydrogen-bond donors (Lipinski definition) is 0. The summed E-state index contributed by atoms with van der Waals surface area (Å²) in [7, 11) is 0. The van der Waals surface area contributed by atoms with Crippen molar-refractivity contribution < 1.29 is 23.8 Å². The van der Waals surface area contributed by atoms with Crippen LogP contribution in [-0.4, -0.2) is 81.0 Å². The van der Waals surface area contributed by atoms with Crippen LogP contribution in [0.1, 0.15) is 13.8 Å². The van der Waals surface area contributed by atoms with Crippen LogP contribution in [0.25, 0.3) is 0 Å². The van der Waals surface area contributed by atoms with Crippen molar-refractivity contribution in [3.05, 3.63) is 0 Å². The molecule has 1 amide bonds. The summed E-state index contributed by atoms with van der Waals surface area (Å²) in [4.78, 5) is 26.5. The Balaban J connectivity index is 2.08. The molecule has 7 heteroatoms. The molecule has 0 aromatic rings. The quantitative estimate of drug-likeness (QED) is 0.497. The summed E-state index contributed by atoms with van der Waals surface area (Å²) in [5.41, 5.74) is 0. The van der Waals surface area contributed by atoms with Crippen LogP contribution in [0.4, 0.5) is 4.79 Å². The first-order chi connectivity index (χ1) is 9.67. The lowest BCUT2D eigenvalue weighted by atomic mass is 10.3. The summed E-state index contributed by atoms with van der Waals surface area (Å²) < 4.78 is 15.0. The van der Waals surface area contributed by atoms with E-state index in [9.17, 15) is 9.59 Å². The molecule has 1 aliphatic heterocycles. The van der Waals surface area contributed by atoms with Crippen LogP contribution in [0, 0.1) is 0 Å². The van der Waals surface area contributed by atoms with Gasteiger partial charge in [-0.05, 0) is 13.8 Å². The fourth-order valence-corrected chi connectivity index (χ4v) is 1.92. The second-order valence-corrected chi connectivity index (χ2v) is 4.39. The van der Waals surface area contributed by atoms with Gasteiger partial charge in [0.2, 0.25) is 0 Å². The van der Waals surface area contributed by atoms with Gasteiger partial charge in [-0.25, -0.2) is 9.59 Å². The molecule has 0 aromatic carbocycles. The molecule has 7 nitrogen and oxygen atoms in total. The zero-order valence-corrected chi connectivity index (χ0v) is 12.3. The van der Waals surface area contributed by atoms with E-state index in [2.05, 4.69) is 4.90 Å². The van der Waals surface area contributed by atoms with Gasteiger partial charge in [0.15, 0.2) is 0 Å². The maximum absolute atomic E-state index is 11.5. The fourth-order valence-electron chi connectivity index (χ4n) is 1.92. The molecule has 0 unspecified atom stereocenters. The van der Waals surface area contributed by atoms with E-state index in [-0.39, 0.29) is 18.7 Å². The molecule has 0 bridgehead atoms. The number of nitrogens with zero attached hydrogens (tertiary/aromatic N) is 2. The number of amides is 1. The third-order valence-corrected chi connectivity index (χ3v) is 2.98. The Morgan fingerprint density at radius 3 is 2.25 bits per heavy atom. The molecular weight excluding hydrogens is 264 g/mol. The number of carbonyl (C=O) groups is 2. The highest BCUT2D eigenvalue weighted by Crippen LogP contribution is 2.03. The van der Waals surface area contributed by atoms with E-state index in [0.29, 0.717) is 32.9 Å². The average molecular weight is 288 g/mol. The van der Waals surface area contributed by atoms with E-state index in [4.69, 9.17) is 14.2 Å². The standard InChI is InChI=1S/C13H24N2O5/c1-3-19-12(16)11-18-10-9-14-5-7-15(8-6-14)13(17)20-4-2/h3-11H2,1-2H3. The van der Waals surface area contributed by atoms with Crippen molar-refractivity contribution in [2.24, 2.45) is 0 Å². The van der Waals surface area contributed by atoms with Gasteiger partial charge in [-0.3, -0.25) is 4.90 Å². The summed E-state index contributed by atoms with van der Waals surface area (Å²) in [6.45, 7) is 8.48. The van der Waals surface area contributed by atoms with E-state index in [0.717, 1.165) is 19.6 Å². The third kappa shape index (κ3) is 6.21. The van der Waals surface area contributed by atoms with Crippen LogP contribution >= 0.6 is 0 Å². The Morgan fingerprint density at radius 2 is 1.65 bits per heavy atom. The van der Waals surface area contributed by atoms with Crippen LogP contribution in [-0.2, 0) is 19.0 Å². The lowest BCUT2D eigenvalue weighted by molar-refractivity contribution is -0.148. The predicted octanol–water partition coefficient (Wildman–Crippen LogP) is 0.340. The SMILES string of the molecule is CCOC(=O)COCCN1CCN(C(=O)OCC)CC1. The molecule has 116 valence electrons. The molecule has 0 aromatic heterocycles. The van der Waals surface area contributed by atoms with E-state index in [1.54, 1.807) is 18.7 Å². The first kappa shape index (κ1) is 16.7. The lowest BCUT2D eigenvalue weighted by Gasteiger charge is -2.33.